The Kier molecular flexibility index (Phi) is 7.93. The first-order valence-corrected chi connectivity index (χ1v) is 8.44. The predicted molar refractivity (Wildman–Crippen MR) is 105 cm³/mol. The third-order valence-electron chi connectivity index (χ3n) is 3.99. The van der Waals surface area contributed by atoms with Crippen molar-refractivity contribution in [1.82, 2.24) is 0 Å². The van der Waals surface area contributed by atoms with Crippen molar-refractivity contribution in [2.24, 2.45) is 0 Å². The molecule has 0 spiro atoms. The standard InChI is InChI=1S/C22H28O3/c1-7-25-21-14-17(4)20(18(5)19(21)6)12-11-15(2)9-8-10-16(3)13-22(23)24/h8-14H,7H2,1-6H3,(H,23,24)/b10-8+,12-11+,15-9+,16-13+. The topological polar surface area (TPSA) is 46.5 Å². The summed E-state index contributed by atoms with van der Waals surface area (Å²) in [6.07, 6.45) is 11.0. The Morgan fingerprint density at radius 2 is 1.80 bits per heavy atom. The molecule has 0 amide bonds. The number of benzene rings is 1. The lowest BCUT2D eigenvalue weighted by Gasteiger charge is -2.14. The van der Waals surface area contributed by atoms with Gasteiger partial charge in [0.2, 0.25) is 0 Å². The number of allylic oxidation sites excluding steroid dienone is 6. The molecule has 0 bridgehead atoms. The van der Waals surface area contributed by atoms with E-state index in [1.54, 1.807) is 13.0 Å². The molecule has 134 valence electrons. The normalized spacial score (nSPS) is 13.0. The molecule has 3 heteroatoms. The SMILES string of the molecule is CCOc1cc(C)c(/C=C/C(C)=C/C=C/C(C)=C/C(=O)O)c(C)c1C. The Bertz CT molecular complexity index is 747. The fourth-order valence-electron chi connectivity index (χ4n) is 2.49. The van der Waals surface area contributed by atoms with Crippen LogP contribution in [0.3, 0.4) is 0 Å². The molecule has 0 aliphatic heterocycles. The number of carboxylic acid groups (broad SMARTS) is 1. The van der Waals surface area contributed by atoms with Gasteiger partial charge in [0.15, 0.2) is 0 Å². The molecular formula is C22H28O3. The van der Waals surface area contributed by atoms with E-state index < -0.39 is 5.97 Å². The van der Waals surface area contributed by atoms with Gasteiger partial charge in [0, 0.05) is 6.08 Å². The van der Waals surface area contributed by atoms with Crippen LogP contribution >= 0.6 is 0 Å². The van der Waals surface area contributed by atoms with Gasteiger partial charge < -0.3 is 9.84 Å². The van der Waals surface area contributed by atoms with Gasteiger partial charge in [-0.2, -0.15) is 0 Å². The second-order valence-corrected chi connectivity index (χ2v) is 6.12. The molecule has 0 aromatic heterocycles. The molecular weight excluding hydrogens is 312 g/mol. The van der Waals surface area contributed by atoms with E-state index >= 15 is 0 Å². The number of carbonyl (C=O) groups is 1. The maximum atomic E-state index is 10.6. The molecule has 1 aromatic carbocycles. The third-order valence-corrected chi connectivity index (χ3v) is 3.99. The highest BCUT2D eigenvalue weighted by atomic mass is 16.5. The summed E-state index contributed by atoms with van der Waals surface area (Å²) < 4.78 is 5.69. The van der Waals surface area contributed by atoms with E-state index in [2.05, 4.69) is 39.0 Å². The summed E-state index contributed by atoms with van der Waals surface area (Å²) in [5.41, 5.74) is 6.58. The molecule has 0 radical (unpaired) electrons. The maximum Gasteiger partial charge on any atom is 0.328 e. The number of aliphatic carboxylic acids is 1. The van der Waals surface area contributed by atoms with Crippen molar-refractivity contribution in [2.75, 3.05) is 6.61 Å². The monoisotopic (exact) mass is 340 g/mol. The summed E-state index contributed by atoms with van der Waals surface area (Å²) in [6, 6.07) is 2.09. The van der Waals surface area contributed by atoms with Crippen molar-refractivity contribution < 1.29 is 14.6 Å². The Labute approximate surface area is 151 Å². The Morgan fingerprint density at radius 3 is 2.40 bits per heavy atom. The van der Waals surface area contributed by atoms with Crippen LogP contribution in [0, 0.1) is 20.8 Å². The quantitative estimate of drug-likeness (QED) is 0.522. The first kappa shape index (κ1) is 20.5. The minimum absolute atomic E-state index is 0.666. The van der Waals surface area contributed by atoms with E-state index in [0.717, 1.165) is 11.3 Å². The first-order chi connectivity index (χ1) is 11.8. The van der Waals surface area contributed by atoms with Crippen molar-refractivity contribution in [3.8, 4) is 5.75 Å². The molecule has 0 saturated carbocycles. The molecule has 0 saturated heterocycles. The number of hydrogen-bond donors (Lipinski definition) is 1. The number of hydrogen-bond acceptors (Lipinski definition) is 2. The molecule has 25 heavy (non-hydrogen) atoms. The summed E-state index contributed by atoms with van der Waals surface area (Å²) in [5.74, 6) is 0.0186. The molecule has 0 unspecified atom stereocenters. The summed E-state index contributed by atoms with van der Waals surface area (Å²) in [5, 5.41) is 8.68. The summed E-state index contributed by atoms with van der Waals surface area (Å²) in [7, 11) is 0. The van der Waals surface area contributed by atoms with Crippen molar-refractivity contribution in [3.63, 3.8) is 0 Å². The van der Waals surface area contributed by atoms with Crippen LogP contribution in [0.25, 0.3) is 6.08 Å². The van der Waals surface area contributed by atoms with E-state index in [-0.39, 0.29) is 0 Å². The largest absolute Gasteiger partial charge is 0.494 e. The Morgan fingerprint density at radius 1 is 1.12 bits per heavy atom. The van der Waals surface area contributed by atoms with Gasteiger partial charge in [-0.05, 0) is 75.4 Å². The first-order valence-electron chi connectivity index (χ1n) is 8.44. The summed E-state index contributed by atoms with van der Waals surface area (Å²) in [4.78, 5) is 10.6. The number of rotatable bonds is 7. The highest BCUT2D eigenvalue weighted by Gasteiger charge is 2.08. The van der Waals surface area contributed by atoms with Gasteiger partial charge in [-0.15, -0.1) is 0 Å². The zero-order valence-electron chi connectivity index (χ0n) is 16.0. The van der Waals surface area contributed by atoms with Gasteiger partial charge in [0.05, 0.1) is 6.61 Å². The highest BCUT2D eigenvalue weighted by molar-refractivity contribution is 5.81. The van der Waals surface area contributed by atoms with Crippen molar-refractivity contribution in [3.05, 3.63) is 69.8 Å². The van der Waals surface area contributed by atoms with Crippen LogP contribution in [0.5, 0.6) is 5.75 Å². The average molecular weight is 340 g/mol. The van der Waals surface area contributed by atoms with Crippen LogP contribution in [-0.2, 0) is 4.79 Å². The predicted octanol–water partition coefficient (Wildman–Crippen LogP) is 5.56. The van der Waals surface area contributed by atoms with Gasteiger partial charge in [0.25, 0.3) is 0 Å². The van der Waals surface area contributed by atoms with Crippen LogP contribution in [0.4, 0.5) is 0 Å². The van der Waals surface area contributed by atoms with E-state index in [4.69, 9.17) is 9.84 Å². The van der Waals surface area contributed by atoms with Crippen LogP contribution < -0.4 is 4.74 Å². The van der Waals surface area contributed by atoms with E-state index in [1.165, 1.54) is 28.3 Å². The van der Waals surface area contributed by atoms with Gasteiger partial charge >= 0.3 is 5.97 Å². The smallest absolute Gasteiger partial charge is 0.328 e. The molecule has 0 atom stereocenters. The molecule has 0 fully saturated rings. The van der Waals surface area contributed by atoms with Gasteiger partial charge in [-0.3, -0.25) is 0 Å². The molecule has 0 aliphatic rings. The van der Waals surface area contributed by atoms with Crippen molar-refractivity contribution in [2.45, 2.75) is 41.5 Å². The van der Waals surface area contributed by atoms with E-state index in [0.29, 0.717) is 12.2 Å². The van der Waals surface area contributed by atoms with Crippen LogP contribution in [0.2, 0.25) is 0 Å². The van der Waals surface area contributed by atoms with E-state index in [1.807, 2.05) is 26.0 Å². The highest BCUT2D eigenvalue weighted by Crippen LogP contribution is 2.28. The van der Waals surface area contributed by atoms with Gasteiger partial charge in [-0.1, -0.05) is 36.0 Å². The zero-order chi connectivity index (χ0) is 19.0. The van der Waals surface area contributed by atoms with Crippen LogP contribution in [0.1, 0.15) is 43.0 Å². The number of aryl methyl sites for hydroxylation is 1. The van der Waals surface area contributed by atoms with Crippen LogP contribution in [-0.4, -0.2) is 17.7 Å². The number of ether oxygens (including phenoxy) is 1. The van der Waals surface area contributed by atoms with Gasteiger partial charge in [-0.25, -0.2) is 4.79 Å². The minimum Gasteiger partial charge on any atom is -0.494 e. The summed E-state index contributed by atoms with van der Waals surface area (Å²) in [6.45, 7) is 12.7. The third kappa shape index (κ3) is 6.46. The average Bonchev–Trinajstić information content (AvgIpc) is 2.51. The Balaban J connectivity index is 2.98. The minimum atomic E-state index is -0.931. The molecule has 1 N–H and O–H groups in total. The van der Waals surface area contributed by atoms with E-state index in [9.17, 15) is 4.79 Å². The molecule has 1 aromatic rings. The number of carboxylic acids is 1. The van der Waals surface area contributed by atoms with Crippen molar-refractivity contribution >= 4 is 12.0 Å². The second kappa shape index (κ2) is 9.67. The fraction of sp³-hybridized carbons (Fsp3) is 0.318. The van der Waals surface area contributed by atoms with Crippen molar-refractivity contribution in [1.29, 1.82) is 0 Å². The lowest BCUT2D eigenvalue weighted by atomic mass is 9.96. The molecule has 0 heterocycles. The van der Waals surface area contributed by atoms with Crippen LogP contribution in [0.15, 0.2) is 47.6 Å². The second-order valence-electron chi connectivity index (χ2n) is 6.12. The van der Waals surface area contributed by atoms with Gasteiger partial charge in [0.1, 0.15) is 5.75 Å². The lowest BCUT2D eigenvalue weighted by Crippen LogP contribution is -1.99. The zero-order valence-corrected chi connectivity index (χ0v) is 16.0. The molecule has 3 nitrogen and oxygen atoms in total. The molecule has 1 rings (SSSR count). The maximum absolute atomic E-state index is 10.6. The summed E-state index contributed by atoms with van der Waals surface area (Å²) >= 11 is 0. The fourth-order valence-corrected chi connectivity index (χ4v) is 2.49. The lowest BCUT2D eigenvalue weighted by molar-refractivity contribution is -0.131. The Hall–Kier alpha value is -2.55. The molecule has 0 aliphatic carbocycles.